The first kappa shape index (κ1) is 16.7. The van der Waals surface area contributed by atoms with Gasteiger partial charge in [-0.3, -0.25) is 0 Å². The van der Waals surface area contributed by atoms with E-state index in [1.54, 1.807) is 0 Å². The van der Waals surface area contributed by atoms with Crippen LogP contribution in [0.1, 0.15) is 0 Å². The fourth-order valence-corrected chi connectivity index (χ4v) is 1.73. The summed E-state index contributed by atoms with van der Waals surface area (Å²) in [6.45, 7) is 0.325. The van der Waals surface area contributed by atoms with E-state index in [1.165, 1.54) is 21.3 Å². The fourth-order valence-electron chi connectivity index (χ4n) is 1.73. The molecule has 4 atom stereocenters. The summed E-state index contributed by atoms with van der Waals surface area (Å²) in [5.41, 5.74) is 0. The van der Waals surface area contributed by atoms with Gasteiger partial charge in [0, 0.05) is 21.3 Å². The minimum absolute atomic E-state index is 0.00886. The minimum Gasteiger partial charge on any atom is -0.366 e. The van der Waals surface area contributed by atoms with Crippen LogP contribution in [0.3, 0.4) is 0 Å². The Morgan fingerprint density at radius 3 is 2.00 bits per heavy atom. The van der Waals surface area contributed by atoms with E-state index in [9.17, 15) is 5.11 Å². The summed E-state index contributed by atoms with van der Waals surface area (Å²) in [4.78, 5) is 0. The number of methoxy groups -OCH3 is 3. The molecular weight excluding hydrogens is 260 g/mol. The Morgan fingerprint density at radius 2 is 1.42 bits per heavy atom. The van der Waals surface area contributed by atoms with Crippen molar-refractivity contribution in [1.29, 1.82) is 0 Å². The van der Waals surface area contributed by atoms with Crippen molar-refractivity contribution in [2.24, 2.45) is 0 Å². The highest BCUT2D eigenvalue weighted by Crippen LogP contribution is 2.22. The third-order valence-electron chi connectivity index (χ3n) is 2.56. The average molecular weight is 282 g/mol. The van der Waals surface area contributed by atoms with Crippen LogP contribution < -0.4 is 0 Å². The Morgan fingerprint density at radius 1 is 0.895 bits per heavy atom. The molecule has 8 heteroatoms. The maximum atomic E-state index is 9.80. The van der Waals surface area contributed by atoms with Crippen LogP contribution in [0.4, 0.5) is 0 Å². The Labute approximate surface area is 112 Å². The van der Waals surface area contributed by atoms with Gasteiger partial charge >= 0.3 is 0 Å². The molecule has 1 rings (SSSR count). The zero-order valence-electron chi connectivity index (χ0n) is 11.4. The van der Waals surface area contributed by atoms with Gasteiger partial charge in [-0.25, -0.2) is 0 Å². The molecule has 0 aliphatic carbocycles. The van der Waals surface area contributed by atoms with E-state index >= 15 is 0 Å². The summed E-state index contributed by atoms with van der Waals surface area (Å²) in [6, 6.07) is 0. The zero-order chi connectivity index (χ0) is 14.1. The second-order valence-corrected chi connectivity index (χ2v) is 3.91. The number of ether oxygens (including phenoxy) is 7. The maximum absolute atomic E-state index is 9.80. The lowest BCUT2D eigenvalue weighted by Crippen LogP contribution is -2.56. The largest absolute Gasteiger partial charge is 0.366 e. The summed E-state index contributed by atoms with van der Waals surface area (Å²) >= 11 is 0. The maximum Gasteiger partial charge on any atom is 0.184 e. The highest BCUT2D eigenvalue weighted by Gasteiger charge is 2.42. The van der Waals surface area contributed by atoms with Gasteiger partial charge in [-0.2, -0.15) is 0 Å². The Bertz CT molecular complexity index is 225. The quantitative estimate of drug-likeness (QED) is 0.556. The zero-order valence-corrected chi connectivity index (χ0v) is 11.4. The van der Waals surface area contributed by atoms with Crippen LogP contribution in [0, 0.1) is 0 Å². The van der Waals surface area contributed by atoms with E-state index in [-0.39, 0.29) is 27.0 Å². The normalized spacial score (nSPS) is 31.6. The standard InChI is InChI=1S/C11H22O8/c1-13-5-17-8-4-16-11(12)10(19-7-15-3)9(8)18-6-14-2/h8-12H,4-7H2,1-3H3/t8-,9+,10-,11?/m1/s1. The Kier molecular flexibility index (Phi) is 8.42. The number of hydrogen-bond donors (Lipinski definition) is 1. The van der Waals surface area contributed by atoms with E-state index in [2.05, 4.69) is 0 Å². The van der Waals surface area contributed by atoms with Crippen molar-refractivity contribution in [3.05, 3.63) is 0 Å². The van der Waals surface area contributed by atoms with Crippen molar-refractivity contribution in [2.75, 3.05) is 48.3 Å². The summed E-state index contributed by atoms with van der Waals surface area (Å²) in [7, 11) is 4.51. The average Bonchev–Trinajstić information content (AvgIpc) is 2.42. The molecule has 8 nitrogen and oxygen atoms in total. The van der Waals surface area contributed by atoms with Crippen molar-refractivity contribution in [1.82, 2.24) is 0 Å². The number of rotatable bonds is 9. The molecule has 0 aromatic rings. The molecule has 1 unspecified atom stereocenters. The third-order valence-corrected chi connectivity index (χ3v) is 2.56. The number of hydrogen-bond acceptors (Lipinski definition) is 8. The van der Waals surface area contributed by atoms with Gasteiger partial charge in [0.25, 0.3) is 0 Å². The first-order valence-electron chi connectivity index (χ1n) is 5.85. The molecule has 114 valence electrons. The predicted octanol–water partition coefficient (Wildman–Crippen LogP) is -0.698. The molecular formula is C11H22O8. The molecule has 0 saturated carbocycles. The van der Waals surface area contributed by atoms with Crippen molar-refractivity contribution in [3.63, 3.8) is 0 Å². The monoisotopic (exact) mass is 282 g/mol. The van der Waals surface area contributed by atoms with Gasteiger partial charge in [0.2, 0.25) is 0 Å². The van der Waals surface area contributed by atoms with E-state index in [1.807, 2.05) is 0 Å². The Hall–Kier alpha value is -0.320. The molecule has 0 bridgehead atoms. The van der Waals surface area contributed by atoms with Gasteiger partial charge in [-0.05, 0) is 0 Å². The lowest BCUT2D eigenvalue weighted by atomic mass is 10.0. The summed E-state index contributed by atoms with van der Waals surface area (Å²) in [6.07, 6.45) is -2.82. The van der Waals surface area contributed by atoms with Crippen molar-refractivity contribution < 1.29 is 38.3 Å². The molecule has 0 spiro atoms. The summed E-state index contributed by atoms with van der Waals surface area (Å²) < 4.78 is 36.0. The van der Waals surface area contributed by atoms with Crippen LogP contribution in [-0.4, -0.2) is 78.0 Å². The summed E-state index contributed by atoms with van der Waals surface area (Å²) in [5.74, 6) is 0. The summed E-state index contributed by atoms with van der Waals surface area (Å²) in [5, 5.41) is 9.80. The van der Waals surface area contributed by atoms with Crippen LogP contribution in [0.15, 0.2) is 0 Å². The highest BCUT2D eigenvalue weighted by atomic mass is 16.7. The topological polar surface area (TPSA) is 84.8 Å². The predicted molar refractivity (Wildman–Crippen MR) is 62.2 cm³/mol. The Balaban J connectivity index is 2.63. The molecule has 19 heavy (non-hydrogen) atoms. The molecule has 0 aromatic carbocycles. The van der Waals surface area contributed by atoms with Gasteiger partial charge in [0.15, 0.2) is 6.29 Å². The number of aliphatic hydroxyl groups is 1. The van der Waals surface area contributed by atoms with E-state index in [4.69, 9.17) is 33.2 Å². The van der Waals surface area contributed by atoms with E-state index in [0.717, 1.165) is 0 Å². The lowest BCUT2D eigenvalue weighted by Gasteiger charge is -2.39. The van der Waals surface area contributed by atoms with Crippen LogP contribution in [0.5, 0.6) is 0 Å². The van der Waals surface area contributed by atoms with Crippen LogP contribution in [-0.2, 0) is 33.2 Å². The molecule has 0 amide bonds. The molecule has 1 N–H and O–H groups in total. The van der Waals surface area contributed by atoms with Crippen molar-refractivity contribution in [2.45, 2.75) is 24.6 Å². The van der Waals surface area contributed by atoms with Crippen LogP contribution >= 0.6 is 0 Å². The fraction of sp³-hybridized carbons (Fsp3) is 1.00. The van der Waals surface area contributed by atoms with E-state index in [0.29, 0.717) is 0 Å². The van der Waals surface area contributed by atoms with Gasteiger partial charge in [-0.15, -0.1) is 0 Å². The molecule has 1 aliphatic heterocycles. The van der Waals surface area contributed by atoms with Crippen molar-refractivity contribution >= 4 is 0 Å². The molecule has 1 heterocycles. The molecule has 1 fully saturated rings. The van der Waals surface area contributed by atoms with Gasteiger partial charge in [0.05, 0.1) is 6.61 Å². The lowest BCUT2D eigenvalue weighted by molar-refractivity contribution is -0.307. The van der Waals surface area contributed by atoms with Crippen molar-refractivity contribution in [3.8, 4) is 0 Å². The minimum atomic E-state index is -1.11. The van der Waals surface area contributed by atoms with Gasteiger partial charge in [0.1, 0.15) is 38.7 Å². The highest BCUT2D eigenvalue weighted by molar-refractivity contribution is 4.85. The molecule has 1 saturated heterocycles. The SMILES string of the molecule is COCO[C@H]1[C@H](OCOC)COC(O)[C@@H]1OCOC. The first-order valence-corrected chi connectivity index (χ1v) is 5.85. The third kappa shape index (κ3) is 5.28. The van der Waals surface area contributed by atoms with Gasteiger partial charge in [-0.1, -0.05) is 0 Å². The number of aliphatic hydroxyl groups excluding tert-OH is 1. The van der Waals surface area contributed by atoms with E-state index < -0.39 is 24.6 Å². The smallest absolute Gasteiger partial charge is 0.184 e. The molecule has 0 aromatic heterocycles. The molecule has 0 radical (unpaired) electrons. The second-order valence-electron chi connectivity index (χ2n) is 3.91. The molecule has 1 aliphatic rings. The van der Waals surface area contributed by atoms with Gasteiger partial charge < -0.3 is 38.3 Å². The van der Waals surface area contributed by atoms with Crippen LogP contribution in [0.25, 0.3) is 0 Å². The first-order chi connectivity index (χ1) is 9.24. The second kappa shape index (κ2) is 9.56. The van der Waals surface area contributed by atoms with Crippen LogP contribution in [0.2, 0.25) is 0 Å².